The predicted molar refractivity (Wildman–Crippen MR) is 125 cm³/mol. The third-order valence-corrected chi connectivity index (χ3v) is 5.79. The van der Waals surface area contributed by atoms with E-state index >= 15 is 0 Å². The Kier molecular flexibility index (Phi) is 5.21. The molecule has 32 heavy (non-hydrogen) atoms. The fraction of sp³-hybridized carbons (Fsp3) is 0.0800. The van der Waals surface area contributed by atoms with Crippen LogP contribution in [0.15, 0.2) is 90.0 Å². The summed E-state index contributed by atoms with van der Waals surface area (Å²) in [5.41, 5.74) is 4.09. The highest BCUT2D eigenvalue weighted by molar-refractivity contribution is 6.31. The summed E-state index contributed by atoms with van der Waals surface area (Å²) < 4.78 is 3.49. The van der Waals surface area contributed by atoms with E-state index in [9.17, 15) is 9.59 Å². The Morgan fingerprint density at radius 1 is 0.969 bits per heavy atom. The molecule has 1 N–H and O–H groups in total. The van der Waals surface area contributed by atoms with Crippen molar-refractivity contribution in [2.24, 2.45) is 0 Å². The van der Waals surface area contributed by atoms with Crippen molar-refractivity contribution in [2.45, 2.75) is 13.1 Å². The number of carbonyl (C=O) groups excluding carboxylic acids is 1. The van der Waals surface area contributed by atoms with Crippen LogP contribution in [0.2, 0.25) is 5.02 Å². The highest BCUT2D eigenvalue weighted by atomic mass is 35.5. The van der Waals surface area contributed by atoms with Gasteiger partial charge in [0.15, 0.2) is 5.65 Å². The molecule has 0 fully saturated rings. The molecule has 0 atom stereocenters. The van der Waals surface area contributed by atoms with Gasteiger partial charge in [0.05, 0.1) is 12.1 Å². The normalized spacial score (nSPS) is 11.2. The molecule has 0 spiro atoms. The van der Waals surface area contributed by atoms with Crippen LogP contribution in [-0.2, 0) is 13.1 Å². The van der Waals surface area contributed by atoms with Crippen LogP contribution in [-0.4, -0.2) is 19.9 Å². The highest BCUT2D eigenvalue weighted by Crippen LogP contribution is 2.16. The summed E-state index contributed by atoms with van der Waals surface area (Å²) in [7, 11) is 0. The van der Waals surface area contributed by atoms with Gasteiger partial charge in [-0.1, -0.05) is 41.9 Å². The molecular formula is C25H19ClN4O2. The van der Waals surface area contributed by atoms with Crippen LogP contribution in [0, 0.1) is 0 Å². The summed E-state index contributed by atoms with van der Waals surface area (Å²) in [5.74, 6) is -0.204. The summed E-state index contributed by atoms with van der Waals surface area (Å²) in [6, 6.07) is 22.1. The number of pyridine rings is 1. The van der Waals surface area contributed by atoms with Gasteiger partial charge in [0.1, 0.15) is 5.52 Å². The number of nitrogens with one attached hydrogen (secondary N) is 1. The molecule has 3 aromatic heterocycles. The Morgan fingerprint density at radius 2 is 1.81 bits per heavy atom. The van der Waals surface area contributed by atoms with Crippen molar-refractivity contribution < 1.29 is 4.79 Å². The van der Waals surface area contributed by atoms with Crippen molar-refractivity contribution in [3.8, 4) is 0 Å². The van der Waals surface area contributed by atoms with E-state index in [2.05, 4.69) is 10.3 Å². The van der Waals surface area contributed by atoms with Crippen LogP contribution in [0.1, 0.15) is 21.5 Å². The maximum Gasteiger partial charge on any atom is 0.276 e. The molecule has 0 unspecified atom stereocenters. The van der Waals surface area contributed by atoms with Crippen molar-refractivity contribution in [1.29, 1.82) is 0 Å². The molecular weight excluding hydrogens is 424 g/mol. The van der Waals surface area contributed by atoms with Gasteiger partial charge in [-0.2, -0.15) is 0 Å². The number of amides is 1. The molecule has 1 amide bonds. The van der Waals surface area contributed by atoms with Crippen molar-refractivity contribution in [2.75, 3.05) is 0 Å². The number of halogens is 1. The van der Waals surface area contributed by atoms with Gasteiger partial charge in [-0.3, -0.25) is 14.2 Å². The Bertz CT molecular complexity index is 1520. The van der Waals surface area contributed by atoms with Crippen LogP contribution < -0.4 is 10.9 Å². The summed E-state index contributed by atoms with van der Waals surface area (Å²) >= 11 is 6.17. The van der Waals surface area contributed by atoms with Crippen molar-refractivity contribution in [1.82, 2.24) is 19.3 Å². The van der Waals surface area contributed by atoms with Crippen LogP contribution in [0.5, 0.6) is 0 Å². The predicted octanol–water partition coefficient (Wildman–Crippen LogP) is 4.28. The van der Waals surface area contributed by atoms with Crippen molar-refractivity contribution in [3.05, 3.63) is 117 Å². The third-order valence-electron chi connectivity index (χ3n) is 5.42. The van der Waals surface area contributed by atoms with E-state index in [1.54, 1.807) is 35.0 Å². The van der Waals surface area contributed by atoms with E-state index in [1.807, 2.05) is 59.1 Å². The van der Waals surface area contributed by atoms with Gasteiger partial charge in [0, 0.05) is 29.5 Å². The SMILES string of the molecule is O=C(NCc1ccccc1Cl)c1cccc(Cn2c(=O)c3cccn3c3cccnc32)c1. The van der Waals surface area contributed by atoms with E-state index < -0.39 is 0 Å². The fourth-order valence-electron chi connectivity index (χ4n) is 3.84. The Hall–Kier alpha value is -3.90. The fourth-order valence-corrected chi connectivity index (χ4v) is 4.05. The van der Waals surface area contributed by atoms with E-state index in [0.29, 0.717) is 34.8 Å². The summed E-state index contributed by atoms with van der Waals surface area (Å²) in [5, 5.41) is 3.51. The first-order chi connectivity index (χ1) is 15.6. The minimum absolute atomic E-state index is 0.130. The quantitative estimate of drug-likeness (QED) is 0.441. The van der Waals surface area contributed by atoms with Crippen LogP contribution in [0.4, 0.5) is 0 Å². The first-order valence-corrected chi connectivity index (χ1v) is 10.5. The molecule has 5 rings (SSSR count). The lowest BCUT2D eigenvalue weighted by molar-refractivity contribution is 0.0951. The molecule has 7 heteroatoms. The van der Waals surface area contributed by atoms with Crippen LogP contribution in [0.25, 0.3) is 16.7 Å². The van der Waals surface area contributed by atoms with E-state index in [4.69, 9.17) is 11.6 Å². The largest absolute Gasteiger partial charge is 0.348 e. The average molecular weight is 443 g/mol. The monoisotopic (exact) mass is 442 g/mol. The molecule has 3 heterocycles. The smallest absolute Gasteiger partial charge is 0.276 e. The molecule has 5 aromatic rings. The lowest BCUT2D eigenvalue weighted by Crippen LogP contribution is -2.25. The second-order valence-electron chi connectivity index (χ2n) is 7.48. The second-order valence-corrected chi connectivity index (χ2v) is 7.88. The van der Waals surface area contributed by atoms with Gasteiger partial charge in [-0.05, 0) is 53.6 Å². The second kappa shape index (κ2) is 8.32. The Morgan fingerprint density at radius 3 is 2.69 bits per heavy atom. The zero-order valence-electron chi connectivity index (χ0n) is 17.0. The number of nitrogens with zero attached hydrogens (tertiary/aromatic N) is 3. The topological polar surface area (TPSA) is 68.4 Å². The van der Waals surface area contributed by atoms with Gasteiger partial charge >= 0.3 is 0 Å². The first kappa shape index (κ1) is 20.0. The molecule has 6 nitrogen and oxygen atoms in total. The van der Waals surface area contributed by atoms with Gasteiger partial charge in [-0.15, -0.1) is 0 Å². The van der Waals surface area contributed by atoms with E-state index in [1.165, 1.54) is 0 Å². The molecule has 0 saturated carbocycles. The standard InChI is InChI=1S/C25H19ClN4O2/c26-20-9-2-1-7-19(20)15-28-24(31)18-8-3-6-17(14-18)16-30-23-21(10-4-12-27-23)29-13-5-11-22(29)25(30)32/h1-14H,15-16H2,(H,28,31). The molecule has 2 aromatic carbocycles. The minimum atomic E-state index is -0.204. The number of aromatic nitrogens is 3. The molecule has 0 aliphatic carbocycles. The number of hydrogen-bond acceptors (Lipinski definition) is 3. The zero-order valence-corrected chi connectivity index (χ0v) is 17.8. The van der Waals surface area contributed by atoms with E-state index in [0.717, 1.165) is 16.6 Å². The number of carbonyl (C=O) groups is 1. The average Bonchev–Trinajstić information content (AvgIpc) is 3.32. The van der Waals surface area contributed by atoms with Crippen LogP contribution >= 0.6 is 11.6 Å². The number of hydrogen-bond donors (Lipinski definition) is 1. The van der Waals surface area contributed by atoms with Crippen molar-refractivity contribution in [3.63, 3.8) is 0 Å². The Labute approximate surface area is 188 Å². The molecule has 0 saturated heterocycles. The lowest BCUT2D eigenvalue weighted by Gasteiger charge is -2.13. The van der Waals surface area contributed by atoms with E-state index in [-0.39, 0.29) is 11.5 Å². The Balaban J connectivity index is 1.45. The maximum absolute atomic E-state index is 13.1. The number of benzene rings is 2. The van der Waals surface area contributed by atoms with Crippen molar-refractivity contribution >= 4 is 34.2 Å². The third kappa shape index (κ3) is 3.65. The van der Waals surface area contributed by atoms with Gasteiger partial charge in [0.25, 0.3) is 11.5 Å². The minimum Gasteiger partial charge on any atom is -0.348 e. The molecule has 158 valence electrons. The maximum atomic E-state index is 13.1. The van der Waals surface area contributed by atoms with Crippen LogP contribution in [0.3, 0.4) is 0 Å². The number of rotatable bonds is 5. The summed E-state index contributed by atoms with van der Waals surface area (Å²) in [6.07, 6.45) is 3.53. The molecule has 0 bridgehead atoms. The molecule has 0 aliphatic heterocycles. The highest BCUT2D eigenvalue weighted by Gasteiger charge is 2.13. The lowest BCUT2D eigenvalue weighted by atomic mass is 10.1. The number of fused-ring (bicyclic) bond motifs is 3. The zero-order chi connectivity index (χ0) is 22.1. The first-order valence-electron chi connectivity index (χ1n) is 10.2. The van der Waals surface area contributed by atoms with Gasteiger partial charge in [0.2, 0.25) is 0 Å². The summed E-state index contributed by atoms with van der Waals surface area (Å²) in [4.78, 5) is 30.3. The molecule has 0 aliphatic rings. The summed E-state index contributed by atoms with van der Waals surface area (Å²) in [6.45, 7) is 0.640. The van der Waals surface area contributed by atoms with Gasteiger partial charge in [-0.25, -0.2) is 4.98 Å². The van der Waals surface area contributed by atoms with Gasteiger partial charge < -0.3 is 9.72 Å². The molecule has 0 radical (unpaired) electrons.